The van der Waals surface area contributed by atoms with E-state index in [2.05, 4.69) is 20.8 Å². The molecule has 15 heteroatoms. The number of anilines is 1. The number of hydrogen-bond acceptors (Lipinski definition) is 11. The molecular weight excluding hydrogens is 633 g/mol. The average Bonchev–Trinajstić information content (AvgIpc) is 3.63. The third-order valence-electron chi connectivity index (χ3n) is 7.11. The molecule has 2 heterocycles. The van der Waals surface area contributed by atoms with Crippen molar-refractivity contribution in [2.75, 3.05) is 18.5 Å². The van der Waals surface area contributed by atoms with Crippen LogP contribution in [0.2, 0.25) is 0 Å². The summed E-state index contributed by atoms with van der Waals surface area (Å²) in [6, 6.07) is 14.7. The molecule has 4 aromatic rings. The first-order valence-electron chi connectivity index (χ1n) is 14.7. The van der Waals surface area contributed by atoms with E-state index in [0.29, 0.717) is 33.0 Å². The largest absolute Gasteiger partial charge is 0.484 e. The Balaban J connectivity index is 1.34. The van der Waals surface area contributed by atoms with Gasteiger partial charge < -0.3 is 20.1 Å². The number of hydrogen-bond donors (Lipinski definition) is 2. The SMILES string of the molecule is CCOC(=O)c1c(NC(=O)[C@H](C)Sc2nnc(CNC(=O)COc3ccccc3)n2-c2ccc([N+](=O)[O-])cc2)sc2c1CCCC2. The molecule has 5 rings (SSSR count). The fraction of sp³-hybridized carbons (Fsp3) is 0.323. The summed E-state index contributed by atoms with van der Waals surface area (Å²) in [6.07, 6.45) is 3.60. The van der Waals surface area contributed by atoms with E-state index in [1.165, 1.54) is 23.5 Å². The molecule has 240 valence electrons. The van der Waals surface area contributed by atoms with Crippen molar-refractivity contribution in [1.29, 1.82) is 0 Å². The van der Waals surface area contributed by atoms with Gasteiger partial charge in [0.25, 0.3) is 11.6 Å². The number of thioether (sulfide) groups is 1. The molecule has 2 aromatic carbocycles. The number of nitrogens with one attached hydrogen (secondary N) is 2. The highest BCUT2D eigenvalue weighted by atomic mass is 32.2. The predicted molar refractivity (Wildman–Crippen MR) is 173 cm³/mol. The monoisotopic (exact) mass is 664 g/mol. The number of carbonyl (C=O) groups is 3. The van der Waals surface area contributed by atoms with Gasteiger partial charge in [-0.2, -0.15) is 0 Å². The number of fused-ring (bicyclic) bond motifs is 1. The molecule has 1 aliphatic carbocycles. The number of para-hydroxylation sites is 1. The minimum absolute atomic E-state index is 0.0221. The number of nitrogens with zero attached hydrogens (tertiary/aromatic N) is 4. The van der Waals surface area contributed by atoms with Gasteiger partial charge in [0.1, 0.15) is 10.8 Å². The van der Waals surface area contributed by atoms with Crippen LogP contribution in [0.15, 0.2) is 59.8 Å². The summed E-state index contributed by atoms with van der Waals surface area (Å²) in [6.45, 7) is 3.44. The first kappa shape index (κ1) is 32.6. The highest BCUT2D eigenvalue weighted by Gasteiger charge is 2.29. The zero-order valence-corrected chi connectivity index (χ0v) is 26.8. The number of carbonyl (C=O) groups excluding carboxylic acids is 3. The molecule has 0 bridgehead atoms. The Kier molecular flexibility index (Phi) is 10.6. The summed E-state index contributed by atoms with van der Waals surface area (Å²) in [7, 11) is 0. The Labute approximate surface area is 272 Å². The molecule has 0 aliphatic heterocycles. The quantitative estimate of drug-likeness (QED) is 0.0849. The molecule has 0 spiro atoms. The van der Waals surface area contributed by atoms with Gasteiger partial charge in [-0.1, -0.05) is 30.0 Å². The van der Waals surface area contributed by atoms with Crippen LogP contribution < -0.4 is 15.4 Å². The molecule has 46 heavy (non-hydrogen) atoms. The lowest BCUT2D eigenvalue weighted by Crippen LogP contribution is -2.29. The minimum Gasteiger partial charge on any atom is -0.484 e. The number of thiophene rings is 1. The summed E-state index contributed by atoms with van der Waals surface area (Å²) < 4.78 is 12.4. The van der Waals surface area contributed by atoms with E-state index >= 15 is 0 Å². The lowest BCUT2D eigenvalue weighted by molar-refractivity contribution is -0.384. The fourth-order valence-electron chi connectivity index (χ4n) is 4.87. The maximum Gasteiger partial charge on any atom is 0.341 e. The van der Waals surface area contributed by atoms with Crippen LogP contribution >= 0.6 is 23.1 Å². The second-order valence-corrected chi connectivity index (χ2v) is 12.7. The molecule has 2 N–H and O–H groups in total. The zero-order valence-electron chi connectivity index (χ0n) is 25.2. The van der Waals surface area contributed by atoms with Gasteiger partial charge in [0.15, 0.2) is 17.6 Å². The van der Waals surface area contributed by atoms with Crippen molar-refractivity contribution in [2.24, 2.45) is 0 Å². The van der Waals surface area contributed by atoms with E-state index in [1.54, 1.807) is 54.8 Å². The third kappa shape index (κ3) is 7.72. The lowest BCUT2D eigenvalue weighted by atomic mass is 9.95. The summed E-state index contributed by atoms with van der Waals surface area (Å²) in [5.41, 5.74) is 1.79. The second kappa shape index (κ2) is 15.0. The third-order valence-corrected chi connectivity index (χ3v) is 9.36. The second-order valence-electron chi connectivity index (χ2n) is 10.3. The van der Waals surface area contributed by atoms with Gasteiger partial charge in [0.05, 0.1) is 28.9 Å². The topological polar surface area (TPSA) is 168 Å². The standard InChI is InChI=1S/C31H32N6O7S2/c1-3-43-30(40)27-23-11-7-8-12-24(23)46-29(27)33-28(39)19(2)45-31-35-34-25(36(31)20-13-15-21(16-14-20)37(41)42)17-32-26(38)18-44-22-9-5-4-6-10-22/h4-6,9-10,13-16,19H,3,7-8,11-12,17-18H2,1-2H3,(H,32,38)(H,33,39)/t19-/m0/s1. The first-order valence-corrected chi connectivity index (χ1v) is 16.4. The molecule has 1 atom stereocenters. The number of amides is 2. The molecule has 2 aromatic heterocycles. The molecule has 0 fully saturated rings. The van der Waals surface area contributed by atoms with Crippen LogP contribution in [0.5, 0.6) is 5.75 Å². The molecule has 0 saturated heterocycles. The Hall–Kier alpha value is -4.76. The number of ether oxygens (including phenoxy) is 2. The molecular formula is C31H32N6O7S2. The number of nitro groups is 1. The van der Waals surface area contributed by atoms with Crippen molar-refractivity contribution in [1.82, 2.24) is 20.1 Å². The van der Waals surface area contributed by atoms with Gasteiger partial charge in [-0.05, 0) is 69.4 Å². The maximum atomic E-state index is 13.5. The van der Waals surface area contributed by atoms with Crippen molar-refractivity contribution in [3.63, 3.8) is 0 Å². The highest BCUT2D eigenvalue weighted by molar-refractivity contribution is 8.00. The number of nitro benzene ring substituents is 1. The van der Waals surface area contributed by atoms with E-state index in [0.717, 1.165) is 47.9 Å². The molecule has 0 unspecified atom stereocenters. The normalized spacial score (nSPS) is 12.9. The van der Waals surface area contributed by atoms with Crippen LogP contribution in [0.4, 0.5) is 10.7 Å². The van der Waals surface area contributed by atoms with E-state index in [-0.39, 0.29) is 37.3 Å². The van der Waals surface area contributed by atoms with Crippen LogP contribution in [0, 0.1) is 10.1 Å². The summed E-state index contributed by atoms with van der Waals surface area (Å²) in [5.74, 6) is -0.293. The van der Waals surface area contributed by atoms with E-state index in [4.69, 9.17) is 9.47 Å². The smallest absolute Gasteiger partial charge is 0.341 e. The van der Waals surface area contributed by atoms with Crippen LogP contribution in [0.25, 0.3) is 5.69 Å². The Morgan fingerprint density at radius 2 is 1.83 bits per heavy atom. The number of esters is 1. The number of non-ortho nitro benzene ring substituents is 1. The zero-order chi connectivity index (χ0) is 32.6. The van der Waals surface area contributed by atoms with Gasteiger partial charge in [-0.25, -0.2) is 4.79 Å². The molecule has 13 nitrogen and oxygen atoms in total. The van der Waals surface area contributed by atoms with E-state index in [9.17, 15) is 24.5 Å². The number of benzene rings is 2. The predicted octanol–water partition coefficient (Wildman–Crippen LogP) is 5.11. The van der Waals surface area contributed by atoms with Crippen LogP contribution in [0.3, 0.4) is 0 Å². The molecule has 0 saturated carbocycles. The van der Waals surface area contributed by atoms with Gasteiger partial charge in [-0.3, -0.25) is 24.3 Å². The number of rotatable bonds is 13. The van der Waals surface area contributed by atoms with Crippen LogP contribution in [-0.2, 0) is 33.7 Å². The van der Waals surface area contributed by atoms with Crippen molar-refractivity contribution >= 4 is 51.6 Å². The molecule has 2 amide bonds. The summed E-state index contributed by atoms with van der Waals surface area (Å²) in [5, 5.41) is 25.6. The lowest BCUT2D eigenvalue weighted by Gasteiger charge is -2.15. The molecule has 0 radical (unpaired) electrons. The Morgan fingerprint density at radius 3 is 2.54 bits per heavy atom. The Bertz CT molecular complexity index is 1720. The van der Waals surface area contributed by atoms with Crippen molar-refractivity contribution in [3.8, 4) is 11.4 Å². The highest BCUT2D eigenvalue weighted by Crippen LogP contribution is 2.39. The summed E-state index contributed by atoms with van der Waals surface area (Å²) >= 11 is 2.53. The van der Waals surface area contributed by atoms with Crippen molar-refractivity contribution in [2.45, 2.75) is 56.5 Å². The fourth-order valence-corrected chi connectivity index (χ4v) is 7.03. The number of aromatic nitrogens is 3. The van der Waals surface area contributed by atoms with Gasteiger partial charge in [0, 0.05) is 22.7 Å². The number of aryl methyl sites for hydroxylation is 1. The molecule has 1 aliphatic rings. The van der Waals surface area contributed by atoms with Crippen molar-refractivity contribution < 1.29 is 28.8 Å². The average molecular weight is 665 g/mol. The van der Waals surface area contributed by atoms with Gasteiger partial charge in [0.2, 0.25) is 5.91 Å². The van der Waals surface area contributed by atoms with Gasteiger partial charge in [-0.15, -0.1) is 21.5 Å². The van der Waals surface area contributed by atoms with Crippen LogP contribution in [0.1, 0.15) is 53.3 Å². The van der Waals surface area contributed by atoms with E-state index < -0.39 is 16.1 Å². The minimum atomic E-state index is -0.683. The Morgan fingerprint density at radius 1 is 1.09 bits per heavy atom. The van der Waals surface area contributed by atoms with Gasteiger partial charge >= 0.3 is 5.97 Å². The first-order chi connectivity index (χ1) is 22.2. The van der Waals surface area contributed by atoms with Crippen LogP contribution in [-0.4, -0.2) is 55.9 Å². The van der Waals surface area contributed by atoms with Crippen molar-refractivity contribution in [3.05, 3.63) is 86.5 Å². The maximum absolute atomic E-state index is 13.5. The summed E-state index contributed by atoms with van der Waals surface area (Å²) in [4.78, 5) is 50.7. The van der Waals surface area contributed by atoms with E-state index in [1.807, 2.05) is 6.07 Å².